The Morgan fingerprint density at radius 1 is 0.759 bits per heavy atom. The minimum Gasteiger partial charge on any atom is -0.508 e. The van der Waals surface area contributed by atoms with Gasteiger partial charge in [-0.1, -0.05) is 18.9 Å². The summed E-state index contributed by atoms with van der Waals surface area (Å²) in [6, 6.07) is 15.0. The van der Waals surface area contributed by atoms with Gasteiger partial charge in [-0.25, -0.2) is 9.59 Å². The molecular weight excluding hydrogens is 781 g/mol. The number of carbonyl (C=O) groups is 4. The van der Waals surface area contributed by atoms with E-state index in [9.17, 15) is 29.4 Å². The third kappa shape index (κ3) is 9.39. The Morgan fingerprint density at radius 3 is 2.03 bits per heavy atom. The predicted octanol–water partition coefficient (Wildman–Crippen LogP) is 5.64. The van der Waals surface area contributed by atoms with E-state index in [1.165, 1.54) is 24.3 Å². The molecule has 2 fully saturated rings. The topological polar surface area (TPSA) is 199 Å². The van der Waals surface area contributed by atoms with E-state index in [1.807, 2.05) is 23.9 Å². The molecule has 1 spiro atoms. The van der Waals surface area contributed by atoms with Gasteiger partial charge in [0, 0.05) is 78.0 Å². The average molecular weight is 831 g/mol. The van der Waals surface area contributed by atoms with Gasteiger partial charge < -0.3 is 51.6 Å². The Hall–Kier alpha value is -5.22. The fraction of sp³-hybridized carbons (Fsp3) is 0.452. The smallest absolute Gasteiger partial charge is 0.340 e. The molecule has 308 valence electrons. The summed E-state index contributed by atoms with van der Waals surface area (Å²) >= 11 is 7.41. The Kier molecular flexibility index (Phi) is 13.1. The SMILES string of the molecule is O=C(CCCCCNC(=O)CCCC[C@@H]1SC[C@@H]2NC(=O)N[C@@H]21)NCCCCCNC(=S)Nc1ccc2c(c1)C(=O)OC21c2ccc(O)cc2Oc2cc(O)ccc21. The molecule has 4 heterocycles. The van der Waals surface area contributed by atoms with Crippen molar-refractivity contribution in [1.29, 1.82) is 0 Å². The summed E-state index contributed by atoms with van der Waals surface area (Å²) in [5.74, 6) is 1.15. The molecule has 4 aliphatic heterocycles. The van der Waals surface area contributed by atoms with Crippen LogP contribution < -0.4 is 36.6 Å². The monoisotopic (exact) mass is 830 g/mol. The highest BCUT2D eigenvalue weighted by Crippen LogP contribution is 2.57. The number of ether oxygens (including phenoxy) is 2. The molecule has 3 aromatic carbocycles. The van der Waals surface area contributed by atoms with Crippen molar-refractivity contribution in [3.05, 3.63) is 76.9 Å². The van der Waals surface area contributed by atoms with Gasteiger partial charge in [0.1, 0.15) is 23.0 Å². The number of fused-ring (bicyclic) bond motifs is 7. The largest absolute Gasteiger partial charge is 0.508 e. The van der Waals surface area contributed by atoms with Gasteiger partial charge >= 0.3 is 12.0 Å². The van der Waals surface area contributed by atoms with Crippen LogP contribution in [0.2, 0.25) is 0 Å². The van der Waals surface area contributed by atoms with Gasteiger partial charge in [-0.15, -0.1) is 0 Å². The molecule has 0 saturated carbocycles. The van der Waals surface area contributed by atoms with Crippen LogP contribution >= 0.6 is 24.0 Å². The molecule has 0 unspecified atom stereocenters. The lowest BCUT2D eigenvalue weighted by molar-refractivity contribution is -0.122. The van der Waals surface area contributed by atoms with E-state index >= 15 is 0 Å². The molecule has 4 amide bonds. The minimum absolute atomic E-state index is 0.00981. The summed E-state index contributed by atoms with van der Waals surface area (Å²) in [6.07, 6.45) is 8.90. The number of phenols is 2. The first kappa shape index (κ1) is 41.0. The number of unbranched alkanes of at least 4 members (excludes halogenated alkanes) is 5. The summed E-state index contributed by atoms with van der Waals surface area (Å²) in [4.78, 5) is 49.4. The molecule has 3 atom stereocenters. The number of benzene rings is 3. The summed E-state index contributed by atoms with van der Waals surface area (Å²) in [6.45, 7) is 1.87. The zero-order valence-corrected chi connectivity index (χ0v) is 33.8. The predicted molar refractivity (Wildman–Crippen MR) is 225 cm³/mol. The molecule has 8 N–H and O–H groups in total. The number of hydrogen-bond donors (Lipinski definition) is 8. The molecule has 14 nitrogen and oxygen atoms in total. The maximum atomic E-state index is 13.4. The van der Waals surface area contributed by atoms with E-state index in [1.54, 1.807) is 18.2 Å². The van der Waals surface area contributed by atoms with Gasteiger partial charge in [0.15, 0.2) is 10.7 Å². The summed E-state index contributed by atoms with van der Waals surface area (Å²) in [5, 5.41) is 39.4. The lowest BCUT2D eigenvalue weighted by Crippen LogP contribution is -2.36. The van der Waals surface area contributed by atoms with Crippen molar-refractivity contribution in [2.45, 2.75) is 93.6 Å². The average Bonchev–Trinajstić information content (AvgIpc) is 3.84. The maximum Gasteiger partial charge on any atom is 0.340 e. The van der Waals surface area contributed by atoms with E-state index in [-0.39, 0.29) is 41.4 Å². The molecule has 0 aromatic heterocycles. The first-order valence-electron chi connectivity index (χ1n) is 20.1. The van der Waals surface area contributed by atoms with Crippen LogP contribution in [0.5, 0.6) is 23.0 Å². The Balaban J connectivity index is 0.734. The first-order chi connectivity index (χ1) is 28.1. The maximum absolute atomic E-state index is 13.4. The van der Waals surface area contributed by atoms with Crippen molar-refractivity contribution in [2.75, 3.05) is 30.7 Å². The van der Waals surface area contributed by atoms with Gasteiger partial charge in [0.25, 0.3) is 0 Å². The van der Waals surface area contributed by atoms with Crippen molar-refractivity contribution in [2.24, 2.45) is 0 Å². The van der Waals surface area contributed by atoms with Crippen molar-refractivity contribution in [3.8, 4) is 23.0 Å². The van der Waals surface area contributed by atoms with E-state index in [0.717, 1.165) is 63.5 Å². The fourth-order valence-corrected chi connectivity index (χ4v) is 9.84. The third-order valence-electron chi connectivity index (χ3n) is 11.0. The number of aromatic hydroxyl groups is 2. The quantitative estimate of drug-likeness (QED) is 0.0340. The second-order valence-corrected chi connectivity index (χ2v) is 16.8. The van der Waals surface area contributed by atoms with Crippen LogP contribution in [0.1, 0.15) is 97.7 Å². The fourth-order valence-electron chi connectivity index (χ4n) is 8.08. The van der Waals surface area contributed by atoms with E-state index in [2.05, 4.69) is 31.9 Å². The number of thioether (sulfide) groups is 1. The lowest BCUT2D eigenvalue weighted by atomic mass is 9.77. The molecule has 3 aromatic rings. The number of amides is 4. The highest BCUT2D eigenvalue weighted by atomic mass is 32.2. The Morgan fingerprint density at radius 2 is 1.36 bits per heavy atom. The highest BCUT2D eigenvalue weighted by molar-refractivity contribution is 8.00. The van der Waals surface area contributed by atoms with Crippen LogP contribution in [0, 0.1) is 0 Å². The summed E-state index contributed by atoms with van der Waals surface area (Å²) < 4.78 is 12.2. The van der Waals surface area contributed by atoms with Crippen LogP contribution in [-0.4, -0.2) is 81.9 Å². The molecule has 16 heteroatoms. The van der Waals surface area contributed by atoms with Crippen LogP contribution in [0.3, 0.4) is 0 Å². The highest BCUT2D eigenvalue weighted by Gasteiger charge is 2.53. The van der Waals surface area contributed by atoms with Gasteiger partial charge in [0.05, 0.1) is 17.6 Å². The van der Waals surface area contributed by atoms with Crippen molar-refractivity contribution < 1.29 is 38.9 Å². The molecule has 4 aliphatic rings. The van der Waals surface area contributed by atoms with Crippen molar-refractivity contribution in [1.82, 2.24) is 26.6 Å². The zero-order valence-electron chi connectivity index (χ0n) is 32.2. The molecule has 7 rings (SSSR count). The number of rotatable bonds is 18. The van der Waals surface area contributed by atoms with E-state index in [0.29, 0.717) is 82.3 Å². The molecule has 0 bridgehead atoms. The molecular formula is C42H50N6O8S2. The second kappa shape index (κ2) is 18.6. The number of phenolic OH excluding ortho intramolecular Hbond substituents is 2. The van der Waals surface area contributed by atoms with Crippen molar-refractivity contribution >= 4 is 58.6 Å². The number of thiocarbonyl (C=S) groups is 1. The molecule has 2 saturated heterocycles. The van der Waals surface area contributed by atoms with E-state index in [4.69, 9.17) is 21.7 Å². The number of hydrogen-bond acceptors (Lipinski definition) is 10. The van der Waals surface area contributed by atoms with Gasteiger partial charge in [-0.3, -0.25) is 9.59 Å². The van der Waals surface area contributed by atoms with Crippen LogP contribution in [0.25, 0.3) is 0 Å². The summed E-state index contributed by atoms with van der Waals surface area (Å²) in [7, 11) is 0. The van der Waals surface area contributed by atoms with Gasteiger partial charge in [0.2, 0.25) is 11.8 Å². The third-order valence-corrected chi connectivity index (χ3v) is 12.7. The number of esters is 1. The second-order valence-electron chi connectivity index (χ2n) is 15.1. The normalized spacial score (nSPS) is 19.1. The number of anilines is 1. The van der Waals surface area contributed by atoms with Crippen molar-refractivity contribution in [3.63, 3.8) is 0 Å². The number of urea groups is 1. The Labute approximate surface area is 347 Å². The zero-order chi connectivity index (χ0) is 40.6. The molecule has 58 heavy (non-hydrogen) atoms. The molecule has 0 aliphatic carbocycles. The molecule has 0 radical (unpaired) electrons. The minimum atomic E-state index is -1.33. The lowest BCUT2D eigenvalue weighted by Gasteiger charge is -2.36. The van der Waals surface area contributed by atoms with Crippen LogP contribution in [-0.2, 0) is 19.9 Å². The number of carbonyl (C=O) groups excluding carboxylic acids is 4. The number of nitrogens with one attached hydrogen (secondary N) is 6. The van der Waals surface area contributed by atoms with Crippen LogP contribution in [0.15, 0.2) is 54.6 Å². The van der Waals surface area contributed by atoms with Gasteiger partial charge in [-0.05, 0) is 93.6 Å². The standard InChI is InChI=1S/C42H50N6O8S2/c49-26-13-16-30-33(22-26)55-34-23-27(50)14-17-31(34)42(30)29-15-12-25(21-28(29)39(53)56-42)46-41(57)45-20-8-2-7-19-44-36(51)10-3-1-6-18-43-37(52)11-5-4-9-35-38-32(24-58-35)47-40(54)48-38/h12-17,21-23,32,35,38,49-50H,1-11,18-20,24H2,(H,43,52)(H,44,51)(H2,45,46,57)(H2,47,48,54)/t32-,35-,38-/m0/s1. The van der Waals surface area contributed by atoms with Crippen LogP contribution in [0.4, 0.5) is 10.5 Å². The Bertz CT molecular complexity index is 2000. The first-order valence-corrected chi connectivity index (χ1v) is 21.6. The van der Waals surface area contributed by atoms with Gasteiger partial charge in [-0.2, -0.15) is 11.8 Å². The summed E-state index contributed by atoms with van der Waals surface area (Å²) in [5.41, 5.74) is 1.35. The van der Waals surface area contributed by atoms with E-state index < -0.39 is 11.6 Å².